The fourth-order valence-corrected chi connectivity index (χ4v) is 4.30. The molecule has 0 saturated carbocycles. The molecule has 6 heteroatoms. The number of aromatic nitrogens is 1. The average molecular weight is 455 g/mol. The Kier molecular flexibility index (Phi) is 6.42. The van der Waals surface area contributed by atoms with Crippen molar-refractivity contribution in [1.29, 1.82) is 0 Å². The van der Waals surface area contributed by atoms with Crippen LogP contribution < -0.4 is 14.8 Å². The minimum atomic E-state index is 0. The van der Waals surface area contributed by atoms with Gasteiger partial charge in [-0.05, 0) is 47.9 Å². The zero-order valence-electron chi connectivity index (χ0n) is 17.2. The standard InChI is InChI=1S/C25H23ClN2O2.ClH/c1-17-21(14-27-13-18-10-11-24-25(12-18)30-16-29-24)20-7-3-5-9-23(20)28(17)15-19-6-2-4-8-22(19)26;/h2-12,27H,13-16H2,1H3;1H. The quantitative estimate of drug-likeness (QED) is 0.382. The second-order valence-corrected chi connectivity index (χ2v) is 7.96. The van der Waals surface area contributed by atoms with Crippen LogP contribution in [0.1, 0.15) is 22.4 Å². The summed E-state index contributed by atoms with van der Waals surface area (Å²) >= 11 is 6.43. The van der Waals surface area contributed by atoms with E-state index in [0.717, 1.165) is 41.7 Å². The first-order valence-corrected chi connectivity index (χ1v) is 10.5. The van der Waals surface area contributed by atoms with Gasteiger partial charge >= 0.3 is 0 Å². The van der Waals surface area contributed by atoms with E-state index >= 15 is 0 Å². The highest BCUT2D eigenvalue weighted by Gasteiger charge is 2.16. The predicted octanol–water partition coefficient (Wildman–Crippen LogP) is 6.09. The second kappa shape index (κ2) is 9.23. The Bertz CT molecular complexity index is 1220. The number of hydrogen-bond acceptors (Lipinski definition) is 3. The maximum atomic E-state index is 6.43. The molecule has 4 aromatic rings. The van der Waals surface area contributed by atoms with Crippen LogP contribution >= 0.6 is 24.0 Å². The van der Waals surface area contributed by atoms with Crippen LogP contribution in [0.2, 0.25) is 5.02 Å². The number of nitrogens with zero attached hydrogens (tertiary/aromatic N) is 1. The largest absolute Gasteiger partial charge is 0.454 e. The van der Waals surface area contributed by atoms with Gasteiger partial charge < -0.3 is 19.4 Å². The Labute approximate surface area is 193 Å². The molecule has 4 nitrogen and oxygen atoms in total. The Morgan fingerprint density at radius 1 is 0.935 bits per heavy atom. The summed E-state index contributed by atoms with van der Waals surface area (Å²) in [6, 6.07) is 22.7. The van der Waals surface area contributed by atoms with Gasteiger partial charge in [0.15, 0.2) is 11.5 Å². The number of ether oxygens (including phenoxy) is 2. The molecule has 1 aliphatic rings. The zero-order valence-corrected chi connectivity index (χ0v) is 18.8. The lowest BCUT2D eigenvalue weighted by Crippen LogP contribution is -2.13. The third kappa shape index (κ3) is 4.24. The van der Waals surface area contributed by atoms with Crippen LogP contribution in [0, 0.1) is 6.92 Å². The summed E-state index contributed by atoms with van der Waals surface area (Å²) in [5.74, 6) is 1.64. The zero-order chi connectivity index (χ0) is 20.5. The van der Waals surface area contributed by atoms with Crippen LogP contribution in [0.15, 0.2) is 66.7 Å². The summed E-state index contributed by atoms with van der Waals surface area (Å²) in [5, 5.41) is 5.68. The number of halogens is 2. The number of para-hydroxylation sites is 1. The van der Waals surface area contributed by atoms with Crippen molar-refractivity contribution >= 4 is 34.9 Å². The van der Waals surface area contributed by atoms with Crippen LogP contribution in [-0.4, -0.2) is 11.4 Å². The van der Waals surface area contributed by atoms with Crippen molar-refractivity contribution in [2.75, 3.05) is 6.79 Å². The lowest BCUT2D eigenvalue weighted by Gasteiger charge is -2.11. The van der Waals surface area contributed by atoms with E-state index in [1.54, 1.807) is 0 Å². The third-order valence-corrected chi connectivity index (χ3v) is 6.08. The highest BCUT2D eigenvalue weighted by Crippen LogP contribution is 2.32. The molecular weight excluding hydrogens is 431 g/mol. The molecule has 1 N–H and O–H groups in total. The molecular formula is C25H24Cl2N2O2. The van der Waals surface area contributed by atoms with Gasteiger partial charge in [0, 0.05) is 41.3 Å². The van der Waals surface area contributed by atoms with Crippen LogP contribution in [0.4, 0.5) is 0 Å². The van der Waals surface area contributed by atoms with Gasteiger partial charge in [-0.2, -0.15) is 0 Å². The van der Waals surface area contributed by atoms with Gasteiger partial charge in [-0.25, -0.2) is 0 Å². The van der Waals surface area contributed by atoms with E-state index in [1.165, 1.54) is 27.7 Å². The van der Waals surface area contributed by atoms with Crippen molar-refractivity contribution < 1.29 is 9.47 Å². The van der Waals surface area contributed by atoms with Crippen molar-refractivity contribution in [3.05, 3.63) is 94.1 Å². The fraction of sp³-hybridized carbons (Fsp3) is 0.200. The number of rotatable bonds is 6. The Morgan fingerprint density at radius 2 is 1.71 bits per heavy atom. The van der Waals surface area contributed by atoms with Crippen molar-refractivity contribution in [1.82, 2.24) is 9.88 Å². The van der Waals surface area contributed by atoms with E-state index < -0.39 is 0 Å². The smallest absolute Gasteiger partial charge is 0.231 e. The van der Waals surface area contributed by atoms with E-state index in [0.29, 0.717) is 6.79 Å². The normalized spacial score (nSPS) is 12.2. The predicted molar refractivity (Wildman–Crippen MR) is 128 cm³/mol. The van der Waals surface area contributed by atoms with E-state index in [9.17, 15) is 0 Å². The summed E-state index contributed by atoms with van der Waals surface area (Å²) in [4.78, 5) is 0. The van der Waals surface area contributed by atoms with Gasteiger partial charge in [0.05, 0.1) is 0 Å². The molecule has 0 bridgehead atoms. The van der Waals surface area contributed by atoms with Gasteiger partial charge in [0.2, 0.25) is 6.79 Å². The lowest BCUT2D eigenvalue weighted by molar-refractivity contribution is 0.174. The van der Waals surface area contributed by atoms with Gasteiger partial charge in [-0.3, -0.25) is 0 Å². The molecule has 160 valence electrons. The molecule has 2 heterocycles. The first-order chi connectivity index (χ1) is 14.7. The molecule has 0 radical (unpaired) electrons. The minimum Gasteiger partial charge on any atom is -0.454 e. The molecule has 0 aliphatic carbocycles. The number of hydrogen-bond donors (Lipinski definition) is 1. The van der Waals surface area contributed by atoms with Gasteiger partial charge in [0.1, 0.15) is 0 Å². The van der Waals surface area contributed by atoms with Crippen molar-refractivity contribution in [2.45, 2.75) is 26.6 Å². The van der Waals surface area contributed by atoms with E-state index in [-0.39, 0.29) is 12.4 Å². The molecule has 0 amide bonds. The summed E-state index contributed by atoms with van der Waals surface area (Å²) in [6.07, 6.45) is 0. The fourth-order valence-electron chi connectivity index (χ4n) is 4.11. The summed E-state index contributed by atoms with van der Waals surface area (Å²) in [6.45, 7) is 4.80. The first kappa shape index (κ1) is 21.6. The van der Waals surface area contributed by atoms with E-state index in [4.69, 9.17) is 21.1 Å². The molecule has 3 aromatic carbocycles. The molecule has 5 rings (SSSR count). The SMILES string of the molecule is Cc1c(CNCc2ccc3c(c2)OCO3)c2ccccc2n1Cc1ccccc1Cl.Cl. The number of nitrogens with one attached hydrogen (secondary N) is 1. The van der Waals surface area contributed by atoms with Crippen LogP contribution in [0.25, 0.3) is 10.9 Å². The molecule has 0 saturated heterocycles. The second-order valence-electron chi connectivity index (χ2n) is 7.55. The maximum Gasteiger partial charge on any atom is 0.231 e. The van der Waals surface area contributed by atoms with E-state index in [1.807, 2.05) is 30.3 Å². The van der Waals surface area contributed by atoms with Gasteiger partial charge in [-0.15, -0.1) is 12.4 Å². The summed E-state index contributed by atoms with van der Waals surface area (Å²) < 4.78 is 13.2. The highest BCUT2D eigenvalue weighted by molar-refractivity contribution is 6.31. The first-order valence-electron chi connectivity index (χ1n) is 10.1. The average Bonchev–Trinajstić information content (AvgIpc) is 3.33. The van der Waals surface area contributed by atoms with Crippen LogP contribution in [0.3, 0.4) is 0 Å². The number of benzene rings is 3. The lowest BCUT2D eigenvalue weighted by atomic mass is 10.1. The Morgan fingerprint density at radius 3 is 2.58 bits per heavy atom. The Balaban J connectivity index is 0.00000231. The third-order valence-electron chi connectivity index (χ3n) is 5.72. The number of fused-ring (bicyclic) bond motifs is 2. The van der Waals surface area contributed by atoms with E-state index in [2.05, 4.69) is 53.2 Å². The minimum absolute atomic E-state index is 0. The molecule has 0 spiro atoms. The molecule has 1 aromatic heterocycles. The highest BCUT2D eigenvalue weighted by atomic mass is 35.5. The van der Waals surface area contributed by atoms with Gasteiger partial charge in [-0.1, -0.05) is 54.1 Å². The molecule has 0 fully saturated rings. The van der Waals surface area contributed by atoms with Crippen molar-refractivity contribution in [3.63, 3.8) is 0 Å². The van der Waals surface area contributed by atoms with Crippen molar-refractivity contribution in [3.8, 4) is 11.5 Å². The Hall–Kier alpha value is -2.66. The van der Waals surface area contributed by atoms with Crippen molar-refractivity contribution in [2.24, 2.45) is 0 Å². The molecule has 31 heavy (non-hydrogen) atoms. The summed E-state index contributed by atoms with van der Waals surface area (Å²) in [5.41, 5.74) is 6.11. The molecule has 0 atom stereocenters. The maximum absolute atomic E-state index is 6.43. The van der Waals surface area contributed by atoms with Crippen LogP contribution in [0.5, 0.6) is 11.5 Å². The monoisotopic (exact) mass is 454 g/mol. The van der Waals surface area contributed by atoms with Crippen LogP contribution in [-0.2, 0) is 19.6 Å². The topological polar surface area (TPSA) is 35.4 Å². The summed E-state index contributed by atoms with van der Waals surface area (Å²) in [7, 11) is 0. The van der Waals surface area contributed by atoms with Gasteiger partial charge in [0.25, 0.3) is 0 Å². The molecule has 0 unspecified atom stereocenters. The molecule has 1 aliphatic heterocycles.